The Kier molecular flexibility index (Phi) is 6.95. The van der Waals surface area contributed by atoms with Crippen molar-refractivity contribution in [1.82, 2.24) is 5.32 Å². The van der Waals surface area contributed by atoms with Crippen LogP contribution in [0, 0.1) is 11.6 Å². The Balaban J connectivity index is 2.01. The zero-order valence-corrected chi connectivity index (χ0v) is 16.5. The number of rotatable bonds is 8. The first-order valence-corrected chi connectivity index (χ1v) is 10.0. The number of carbonyl (C=O) groups excluding carboxylic acids is 1. The number of carbonyl (C=O) groups is 1. The minimum Gasteiger partial charge on any atom is -0.493 e. The van der Waals surface area contributed by atoms with Gasteiger partial charge in [-0.3, -0.25) is 4.79 Å². The number of halogens is 2. The molecule has 0 fully saturated rings. The summed E-state index contributed by atoms with van der Waals surface area (Å²) in [7, 11) is -0.906. The van der Waals surface area contributed by atoms with Crippen molar-refractivity contribution < 1.29 is 31.5 Å². The van der Waals surface area contributed by atoms with Crippen LogP contribution in [0.15, 0.2) is 41.3 Å². The molecule has 0 aromatic heterocycles. The molecule has 6 nitrogen and oxygen atoms in total. The molecule has 9 heteroatoms. The average molecular weight is 413 g/mol. The van der Waals surface area contributed by atoms with Gasteiger partial charge in [0.1, 0.15) is 0 Å². The maximum atomic E-state index is 13.3. The van der Waals surface area contributed by atoms with E-state index in [-0.39, 0.29) is 17.1 Å². The molecule has 152 valence electrons. The molecule has 1 amide bonds. The van der Waals surface area contributed by atoms with Gasteiger partial charge in [0.25, 0.3) is 0 Å². The molecule has 28 heavy (non-hydrogen) atoms. The van der Waals surface area contributed by atoms with Crippen LogP contribution in [0.5, 0.6) is 11.5 Å². The van der Waals surface area contributed by atoms with Crippen molar-refractivity contribution in [3.05, 3.63) is 53.6 Å². The molecule has 0 saturated heterocycles. The van der Waals surface area contributed by atoms with Gasteiger partial charge in [-0.2, -0.15) is 0 Å². The van der Waals surface area contributed by atoms with E-state index in [1.807, 2.05) is 0 Å². The topological polar surface area (TPSA) is 81.7 Å². The van der Waals surface area contributed by atoms with Crippen molar-refractivity contribution in [2.24, 2.45) is 0 Å². The highest BCUT2D eigenvalue weighted by Gasteiger charge is 2.20. The SMILES string of the molecule is COc1ccc(S(=O)(=O)CCC(=O)N[C@@H](C)c2ccc(F)c(F)c2)cc1OC. The van der Waals surface area contributed by atoms with Crippen molar-refractivity contribution in [3.8, 4) is 11.5 Å². The maximum absolute atomic E-state index is 13.3. The molecule has 2 aromatic rings. The lowest BCUT2D eigenvalue weighted by Crippen LogP contribution is -2.28. The third-order valence-electron chi connectivity index (χ3n) is 4.13. The summed E-state index contributed by atoms with van der Waals surface area (Å²) in [6.07, 6.45) is -0.287. The van der Waals surface area contributed by atoms with E-state index in [1.165, 1.54) is 38.5 Å². The Hall–Kier alpha value is -2.68. The van der Waals surface area contributed by atoms with E-state index in [1.54, 1.807) is 6.92 Å². The molecule has 1 atom stereocenters. The minimum absolute atomic E-state index is 0.00611. The molecule has 0 aliphatic carbocycles. The Bertz CT molecular complexity index is 963. The van der Waals surface area contributed by atoms with Gasteiger partial charge in [0.2, 0.25) is 5.91 Å². The zero-order valence-electron chi connectivity index (χ0n) is 15.7. The van der Waals surface area contributed by atoms with Gasteiger partial charge in [0, 0.05) is 12.5 Å². The zero-order chi connectivity index (χ0) is 20.9. The second-order valence-electron chi connectivity index (χ2n) is 6.05. The number of sulfone groups is 1. The predicted octanol–water partition coefficient (Wildman–Crippen LogP) is 3.02. The van der Waals surface area contributed by atoms with Crippen LogP contribution < -0.4 is 14.8 Å². The standard InChI is InChI=1S/C19H21F2NO5S/c1-12(13-4-6-15(20)16(21)10-13)22-19(23)8-9-28(24,25)14-5-7-17(26-2)18(11-14)27-3/h4-7,10-12H,8-9H2,1-3H3,(H,22,23)/t12-/m0/s1. The van der Waals surface area contributed by atoms with Crippen LogP contribution in [-0.4, -0.2) is 34.3 Å². The van der Waals surface area contributed by atoms with E-state index in [0.717, 1.165) is 12.1 Å². The largest absolute Gasteiger partial charge is 0.493 e. The normalized spacial score (nSPS) is 12.3. The van der Waals surface area contributed by atoms with E-state index < -0.39 is 39.2 Å². The molecule has 2 rings (SSSR count). The third-order valence-corrected chi connectivity index (χ3v) is 5.85. The van der Waals surface area contributed by atoms with Crippen molar-refractivity contribution in [3.63, 3.8) is 0 Å². The summed E-state index contributed by atoms with van der Waals surface area (Å²) >= 11 is 0. The number of hydrogen-bond acceptors (Lipinski definition) is 5. The van der Waals surface area contributed by atoms with E-state index in [2.05, 4.69) is 5.32 Å². The number of hydrogen-bond donors (Lipinski definition) is 1. The van der Waals surface area contributed by atoms with E-state index in [4.69, 9.17) is 9.47 Å². The Morgan fingerprint density at radius 1 is 1.04 bits per heavy atom. The van der Waals surface area contributed by atoms with Gasteiger partial charge >= 0.3 is 0 Å². The number of methoxy groups -OCH3 is 2. The summed E-state index contributed by atoms with van der Waals surface area (Å²) in [4.78, 5) is 12.1. The lowest BCUT2D eigenvalue weighted by molar-refractivity contribution is -0.121. The van der Waals surface area contributed by atoms with Gasteiger partial charge in [0.05, 0.1) is 30.9 Å². The van der Waals surface area contributed by atoms with Gasteiger partial charge in [-0.05, 0) is 36.8 Å². The summed E-state index contributed by atoms with van der Waals surface area (Å²) in [5.74, 6) is -2.29. The van der Waals surface area contributed by atoms with Gasteiger partial charge in [0.15, 0.2) is 33.0 Å². The quantitative estimate of drug-likeness (QED) is 0.720. The highest BCUT2D eigenvalue weighted by Crippen LogP contribution is 2.30. The fraction of sp³-hybridized carbons (Fsp3) is 0.316. The third kappa shape index (κ3) is 5.19. The first kappa shape index (κ1) is 21.6. The van der Waals surface area contributed by atoms with E-state index in [9.17, 15) is 22.0 Å². The molecule has 0 radical (unpaired) electrons. The van der Waals surface area contributed by atoms with Gasteiger partial charge in [-0.1, -0.05) is 6.07 Å². The molecular weight excluding hydrogens is 392 g/mol. The smallest absolute Gasteiger partial charge is 0.221 e. The van der Waals surface area contributed by atoms with Crippen LogP contribution >= 0.6 is 0 Å². The molecule has 0 aliphatic heterocycles. The summed E-state index contributed by atoms with van der Waals surface area (Å²) in [5, 5.41) is 2.57. The highest BCUT2D eigenvalue weighted by molar-refractivity contribution is 7.91. The lowest BCUT2D eigenvalue weighted by Gasteiger charge is -2.15. The molecule has 0 aliphatic rings. The molecule has 0 spiro atoms. The van der Waals surface area contributed by atoms with Crippen LogP contribution in [0.2, 0.25) is 0 Å². The second-order valence-corrected chi connectivity index (χ2v) is 8.16. The highest BCUT2D eigenvalue weighted by atomic mass is 32.2. The van der Waals surface area contributed by atoms with Crippen LogP contribution in [0.25, 0.3) is 0 Å². The molecule has 0 saturated carbocycles. The molecule has 1 N–H and O–H groups in total. The van der Waals surface area contributed by atoms with Gasteiger partial charge in [-0.25, -0.2) is 17.2 Å². The summed E-state index contributed by atoms with van der Waals surface area (Å²) < 4.78 is 61.4. The molecular formula is C19H21F2NO5S. The monoisotopic (exact) mass is 413 g/mol. The van der Waals surface area contributed by atoms with Crippen LogP contribution in [0.3, 0.4) is 0 Å². The maximum Gasteiger partial charge on any atom is 0.221 e. The predicted molar refractivity (Wildman–Crippen MR) is 99.1 cm³/mol. The summed E-state index contributed by atoms with van der Waals surface area (Å²) in [6, 6.07) is 6.87. The molecule has 0 bridgehead atoms. The molecule has 0 heterocycles. The Morgan fingerprint density at radius 3 is 2.32 bits per heavy atom. The van der Waals surface area contributed by atoms with Crippen molar-refractivity contribution in [2.45, 2.75) is 24.3 Å². The van der Waals surface area contributed by atoms with E-state index >= 15 is 0 Å². The number of amides is 1. The van der Waals surface area contributed by atoms with Gasteiger partial charge < -0.3 is 14.8 Å². The van der Waals surface area contributed by atoms with Crippen LogP contribution in [0.4, 0.5) is 8.78 Å². The summed E-state index contributed by atoms with van der Waals surface area (Å²) in [6.45, 7) is 1.59. The van der Waals surface area contributed by atoms with E-state index in [0.29, 0.717) is 11.3 Å². The Morgan fingerprint density at radius 2 is 1.71 bits per heavy atom. The lowest BCUT2D eigenvalue weighted by atomic mass is 10.1. The van der Waals surface area contributed by atoms with Crippen molar-refractivity contribution in [2.75, 3.05) is 20.0 Å². The van der Waals surface area contributed by atoms with Crippen LogP contribution in [-0.2, 0) is 14.6 Å². The number of benzene rings is 2. The van der Waals surface area contributed by atoms with Crippen LogP contribution in [0.1, 0.15) is 24.9 Å². The number of nitrogens with one attached hydrogen (secondary N) is 1. The molecule has 0 unspecified atom stereocenters. The van der Waals surface area contributed by atoms with Crippen molar-refractivity contribution in [1.29, 1.82) is 0 Å². The first-order chi connectivity index (χ1) is 13.2. The number of ether oxygens (including phenoxy) is 2. The van der Waals surface area contributed by atoms with Crippen molar-refractivity contribution >= 4 is 15.7 Å². The fourth-order valence-electron chi connectivity index (χ4n) is 2.53. The summed E-state index contributed by atoms with van der Waals surface area (Å²) in [5.41, 5.74) is 0.370. The average Bonchev–Trinajstić information content (AvgIpc) is 2.67. The minimum atomic E-state index is -3.73. The fourth-order valence-corrected chi connectivity index (χ4v) is 3.79. The first-order valence-electron chi connectivity index (χ1n) is 8.37. The second kappa shape index (κ2) is 9.01. The molecule has 2 aromatic carbocycles. The Labute approximate surface area is 162 Å². The van der Waals surface area contributed by atoms with Gasteiger partial charge in [-0.15, -0.1) is 0 Å².